The van der Waals surface area contributed by atoms with Crippen LogP contribution in [0.15, 0.2) is 48.8 Å². The molecule has 0 spiro atoms. The molecule has 0 amide bonds. The smallest absolute Gasteiger partial charge is 0.112 e. The average Bonchev–Trinajstić information content (AvgIpc) is 3.01. The average molecular weight is 308 g/mol. The fraction of sp³-hybridized carbons (Fsp3) is 0.333. The summed E-state index contributed by atoms with van der Waals surface area (Å²) in [5, 5.41) is 5.44. The van der Waals surface area contributed by atoms with E-state index in [-0.39, 0.29) is 6.10 Å². The van der Waals surface area contributed by atoms with Gasteiger partial charge in [-0.05, 0) is 29.8 Å². The molecule has 3 aromatic rings. The van der Waals surface area contributed by atoms with Crippen molar-refractivity contribution in [2.45, 2.75) is 12.6 Å². The van der Waals surface area contributed by atoms with Crippen LogP contribution >= 0.6 is 0 Å². The summed E-state index contributed by atoms with van der Waals surface area (Å²) in [4.78, 5) is 6.82. The van der Waals surface area contributed by atoms with E-state index in [1.165, 1.54) is 10.9 Å². The number of aryl methyl sites for hydroxylation is 1. The highest BCUT2D eigenvalue weighted by Crippen LogP contribution is 2.23. The second-order valence-corrected chi connectivity index (χ2v) is 6.00. The van der Waals surface area contributed by atoms with Gasteiger partial charge in [0.05, 0.1) is 17.8 Å². The Labute approximate surface area is 135 Å². The molecule has 5 nitrogen and oxygen atoms in total. The number of rotatable bonds is 3. The summed E-state index contributed by atoms with van der Waals surface area (Å²) < 4.78 is 7.83. The van der Waals surface area contributed by atoms with Crippen LogP contribution in [-0.2, 0) is 18.3 Å². The number of fused-ring (bicyclic) bond motifs is 1. The lowest BCUT2D eigenvalue weighted by Crippen LogP contribution is -2.38. The Morgan fingerprint density at radius 3 is 3.04 bits per heavy atom. The van der Waals surface area contributed by atoms with Gasteiger partial charge in [-0.25, -0.2) is 0 Å². The quantitative estimate of drug-likeness (QED) is 0.746. The van der Waals surface area contributed by atoms with E-state index >= 15 is 0 Å². The molecule has 1 atom stereocenters. The van der Waals surface area contributed by atoms with Gasteiger partial charge in [-0.2, -0.15) is 5.10 Å². The van der Waals surface area contributed by atoms with E-state index in [4.69, 9.17) is 4.74 Å². The van der Waals surface area contributed by atoms with Gasteiger partial charge in [-0.15, -0.1) is 0 Å². The molecule has 1 unspecified atom stereocenters. The standard InChI is InChI=1S/C18H20N4O/c1-21-17(6-8-20-21)18-13-22(9-10-23-18)12-14-4-5-16-15(11-14)3-2-7-19-16/h2-8,11,18H,9-10,12-13H2,1H3. The third-order valence-corrected chi connectivity index (χ3v) is 4.41. The molecule has 23 heavy (non-hydrogen) atoms. The minimum atomic E-state index is 0.0957. The Bertz CT molecular complexity index is 813. The Balaban J connectivity index is 1.50. The summed E-state index contributed by atoms with van der Waals surface area (Å²) >= 11 is 0. The van der Waals surface area contributed by atoms with Gasteiger partial charge in [0.15, 0.2) is 0 Å². The molecule has 0 saturated carbocycles. The summed E-state index contributed by atoms with van der Waals surface area (Å²) in [5.74, 6) is 0. The summed E-state index contributed by atoms with van der Waals surface area (Å²) in [6, 6.07) is 12.6. The van der Waals surface area contributed by atoms with Crippen LogP contribution in [0.1, 0.15) is 17.4 Å². The van der Waals surface area contributed by atoms with Crippen LogP contribution in [0.3, 0.4) is 0 Å². The number of nitrogens with zero attached hydrogens (tertiary/aromatic N) is 4. The zero-order valence-corrected chi connectivity index (χ0v) is 13.2. The van der Waals surface area contributed by atoms with Crippen molar-refractivity contribution in [2.24, 2.45) is 7.05 Å². The van der Waals surface area contributed by atoms with Crippen molar-refractivity contribution < 1.29 is 4.74 Å². The maximum Gasteiger partial charge on any atom is 0.112 e. The predicted molar refractivity (Wildman–Crippen MR) is 88.9 cm³/mol. The summed E-state index contributed by atoms with van der Waals surface area (Å²) in [6.45, 7) is 3.54. The minimum absolute atomic E-state index is 0.0957. The van der Waals surface area contributed by atoms with Gasteiger partial charge in [0.2, 0.25) is 0 Å². The van der Waals surface area contributed by atoms with E-state index in [1.807, 2.05) is 36.3 Å². The maximum atomic E-state index is 5.93. The highest BCUT2D eigenvalue weighted by molar-refractivity contribution is 5.78. The van der Waals surface area contributed by atoms with E-state index in [9.17, 15) is 0 Å². The summed E-state index contributed by atoms with van der Waals surface area (Å²) in [7, 11) is 1.97. The second kappa shape index (κ2) is 6.10. The molecular weight excluding hydrogens is 288 g/mol. The monoisotopic (exact) mass is 308 g/mol. The van der Waals surface area contributed by atoms with Gasteiger partial charge in [-0.1, -0.05) is 12.1 Å². The van der Waals surface area contributed by atoms with E-state index in [0.717, 1.165) is 37.5 Å². The third-order valence-electron chi connectivity index (χ3n) is 4.41. The topological polar surface area (TPSA) is 43.2 Å². The van der Waals surface area contributed by atoms with Gasteiger partial charge in [0.1, 0.15) is 6.10 Å². The van der Waals surface area contributed by atoms with Crippen LogP contribution in [0, 0.1) is 0 Å². The Morgan fingerprint density at radius 1 is 1.22 bits per heavy atom. The molecule has 1 aliphatic rings. The van der Waals surface area contributed by atoms with Gasteiger partial charge in [0.25, 0.3) is 0 Å². The third kappa shape index (κ3) is 2.98. The van der Waals surface area contributed by atoms with Crippen molar-refractivity contribution in [2.75, 3.05) is 19.7 Å². The molecule has 3 heterocycles. The fourth-order valence-electron chi connectivity index (χ4n) is 3.21. The molecular formula is C18H20N4O. The van der Waals surface area contributed by atoms with E-state index in [2.05, 4.69) is 39.2 Å². The number of benzene rings is 1. The Kier molecular flexibility index (Phi) is 3.81. The lowest BCUT2D eigenvalue weighted by molar-refractivity contribution is -0.0366. The summed E-state index contributed by atoms with van der Waals surface area (Å²) in [5.41, 5.74) is 3.50. The molecule has 1 aliphatic heterocycles. The van der Waals surface area contributed by atoms with Crippen LogP contribution < -0.4 is 0 Å². The molecule has 0 bridgehead atoms. The van der Waals surface area contributed by atoms with Gasteiger partial charge < -0.3 is 4.74 Å². The van der Waals surface area contributed by atoms with E-state index < -0.39 is 0 Å². The molecule has 0 radical (unpaired) electrons. The molecule has 1 saturated heterocycles. The molecule has 0 N–H and O–H groups in total. The number of aromatic nitrogens is 3. The van der Waals surface area contributed by atoms with Crippen molar-refractivity contribution in [1.29, 1.82) is 0 Å². The number of morpholine rings is 1. The zero-order valence-electron chi connectivity index (χ0n) is 13.2. The fourth-order valence-corrected chi connectivity index (χ4v) is 3.21. The first-order valence-electron chi connectivity index (χ1n) is 7.95. The SMILES string of the molecule is Cn1nccc1C1CN(Cc2ccc3ncccc3c2)CCO1. The highest BCUT2D eigenvalue weighted by Gasteiger charge is 2.24. The Hall–Kier alpha value is -2.24. The largest absolute Gasteiger partial charge is 0.369 e. The molecule has 2 aromatic heterocycles. The lowest BCUT2D eigenvalue weighted by Gasteiger charge is -2.33. The van der Waals surface area contributed by atoms with E-state index in [1.54, 1.807) is 0 Å². The molecule has 0 aliphatic carbocycles. The molecule has 118 valence electrons. The number of pyridine rings is 1. The highest BCUT2D eigenvalue weighted by atomic mass is 16.5. The molecule has 1 fully saturated rings. The molecule has 4 rings (SSSR count). The first kappa shape index (κ1) is 14.4. The zero-order chi connectivity index (χ0) is 15.6. The Morgan fingerprint density at radius 2 is 2.17 bits per heavy atom. The van der Waals surface area contributed by atoms with Crippen LogP contribution in [0.2, 0.25) is 0 Å². The predicted octanol–water partition coefficient (Wildman–Crippen LogP) is 2.54. The van der Waals surface area contributed by atoms with E-state index in [0.29, 0.717) is 0 Å². The molecule has 1 aromatic carbocycles. The van der Waals surface area contributed by atoms with Crippen LogP contribution in [-0.4, -0.2) is 39.4 Å². The van der Waals surface area contributed by atoms with Crippen molar-refractivity contribution >= 4 is 10.9 Å². The van der Waals surface area contributed by atoms with Crippen molar-refractivity contribution in [1.82, 2.24) is 19.7 Å². The van der Waals surface area contributed by atoms with Crippen LogP contribution in [0.4, 0.5) is 0 Å². The summed E-state index contributed by atoms with van der Waals surface area (Å²) in [6.07, 6.45) is 3.76. The van der Waals surface area contributed by atoms with Crippen molar-refractivity contribution in [3.63, 3.8) is 0 Å². The molecule has 5 heteroatoms. The van der Waals surface area contributed by atoms with Gasteiger partial charge >= 0.3 is 0 Å². The minimum Gasteiger partial charge on any atom is -0.369 e. The van der Waals surface area contributed by atoms with Crippen molar-refractivity contribution in [3.05, 3.63) is 60.0 Å². The lowest BCUT2D eigenvalue weighted by atomic mass is 10.1. The van der Waals surface area contributed by atoms with Gasteiger partial charge in [-0.3, -0.25) is 14.6 Å². The van der Waals surface area contributed by atoms with Crippen LogP contribution in [0.25, 0.3) is 10.9 Å². The number of ether oxygens (including phenoxy) is 1. The van der Waals surface area contributed by atoms with Crippen molar-refractivity contribution in [3.8, 4) is 0 Å². The van der Waals surface area contributed by atoms with Crippen LogP contribution in [0.5, 0.6) is 0 Å². The first-order chi connectivity index (χ1) is 11.3. The maximum absolute atomic E-state index is 5.93. The second-order valence-electron chi connectivity index (χ2n) is 6.00. The van der Waals surface area contributed by atoms with Gasteiger partial charge in [0, 0.05) is 44.5 Å². The first-order valence-corrected chi connectivity index (χ1v) is 7.95. The number of hydrogen-bond donors (Lipinski definition) is 0. The normalized spacial score (nSPS) is 19.3. The number of hydrogen-bond acceptors (Lipinski definition) is 4.